The molecule has 0 aliphatic rings. The van der Waals surface area contributed by atoms with Gasteiger partial charge >= 0.3 is 0 Å². The maximum Gasteiger partial charge on any atom is 0.219 e. The number of hydrogen-bond acceptors (Lipinski definition) is 3. The maximum atomic E-state index is 8.98. The molecule has 2 N–H and O–H groups in total. The summed E-state index contributed by atoms with van der Waals surface area (Å²) in [6.45, 7) is 0.248. The van der Waals surface area contributed by atoms with Crippen molar-refractivity contribution in [1.82, 2.24) is 0 Å². The van der Waals surface area contributed by atoms with E-state index in [0.717, 1.165) is 0 Å². The zero-order chi connectivity index (χ0) is 10.6. The molecule has 1 aromatic carbocycles. The van der Waals surface area contributed by atoms with Gasteiger partial charge in [0.25, 0.3) is 0 Å². The Kier molecular flexibility index (Phi) is 4.43. The molecule has 78 valence electrons. The lowest BCUT2D eigenvalue weighted by molar-refractivity contribution is -0.0697. The van der Waals surface area contributed by atoms with Gasteiger partial charge in [0, 0.05) is 11.4 Å². The minimum absolute atomic E-state index is 0.149. The van der Waals surface area contributed by atoms with Crippen LogP contribution in [0.3, 0.4) is 0 Å². The van der Waals surface area contributed by atoms with Crippen LogP contribution in [0.1, 0.15) is 6.42 Å². The molecule has 0 aliphatic carbocycles. The van der Waals surface area contributed by atoms with Crippen LogP contribution < -0.4 is 4.74 Å². The van der Waals surface area contributed by atoms with Gasteiger partial charge in [-0.05, 0) is 46.9 Å². The molecule has 0 bridgehead atoms. The van der Waals surface area contributed by atoms with E-state index in [2.05, 4.69) is 0 Å². The van der Waals surface area contributed by atoms with Gasteiger partial charge in [-0.1, -0.05) is 11.6 Å². The van der Waals surface area contributed by atoms with Gasteiger partial charge in [0.1, 0.15) is 5.75 Å². The van der Waals surface area contributed by atoms with Crippen LogP contribution in [0, 0.1) is 0 Å². The molecule has 5 heteroatoms. The summed E-state index contributed by atoms with van der Waals surface area (Å²) < 4.78 is 3.55. The van der Waals surface area contributed by atoms with Gasteiger partial charge in [-0.3, -0.25) is 0 Å². The van der Waals surface area contributed by atoms with Crippen LogP contribution in [0.25, 0.3) is 0 Å². The summed E-state index contributed by atoms with van der Waals surface area (Å²) in [7, 11) is 0. The second-order valence-electron chi connectivity index (χ2n) is 2.77. The SMILES string of the molecule is OC(O)(I)CCOc1ccc(Cl)cc1. The second kappa shape index (κ2) is 5.16. The van der Waals surface area contributed by atoms with Gasteiger partial charge in [0.05, 0.1) is 6.61 Å². The van der Waals surface area contributed by atoms with Crippen LogP contribution in [0.4, 0.5) is 0 Å². The highest BCUT2D eigenvalue weighted by molar-refractivity contribution is 14.1. The van der Waals surface area contributed by atoms with Crippen molar-refractivity contribution in [3.63, 3.8) is 0 Å². The molecule has 0 amide bonds. The number of benzene rings is 1. The van der Waals surface area contributed by atoms with E-state index < -0.39 is 3.79 Å². The Bertz CT molecular complexity index is 281. The normalized spacial score (nSPS) is 11.4. The summed E-state index contributed by atoms with van der Waals surface area (Å²) in [6, 6.07) is 6.89. The minimum Gasteiger partial charge on any atom is -0.493 e. The topological polar surface area (TPSA) is 49.7 Å². The number of hydrogen-bond donors (Lipinski definition) is 2. The first-order chi connectivity index (χ1) is 6.47. The van der Waals surface area contributed by atoms with E-state index >= 15 is 0 Å². The molecule has 0 spiro atoms. The Morgan fingerprint density at radius 1 is 1.29 bits per heavy atom. The highest BCUT2D eigenvalue weighted by Crippen LogP contribution is 2.18. The van der Waals surface area contributed by atoms with E-state index in [1.807, 2.05) is 0 Å². The molecule has 0 fully saturated rings. The first kappa shape index (κ1) is 12.0. The largest absolute Gasteiger partial charge is 0.493 e. The summed E-state index contributed by atoms with van der Waals surface area (Å²) in [6.07, 6.45) is 0.149. The maximum absolute atomic E-state index is 8.98. The quantitative estimate of drug-likeness (QED) is 0.506. The van der Waals surface area contributed by atoms with Crippen LogP contribution in [-0.4, -0.2) is 20.6 Å². The number of rotatable bonds is 4. The Morgan fingerprint density at radius 2 is 1.86 bits per heavy atom. The van der Waals surface area contributed by atoms with Gasteiger partial charge in [-0.15, -0.1) is 0 Å². The molecule has 1 rings (SSSR count). The van der Waals surface area contributed by atoms with Crippen LogP contribution in [0.2, 0.25) is 5.02 Å². The summed E-state index contributed by atoms with van der Waals surface area (Å²) in [5, 5.41) is 18.6. The molecule has 1 aromatic rings. The van der Waals surface area contributed by atoms with E-state index in [1.54, 1.807) is 24.3 Å². The predicted molar refractivity (Wildman–Crippen MR) is 62.8 cm³/mol. The molecule has 0 saturated heterocycles. The average molecular weight is 329 g/mol. The number of alkyl halides is 1. The van der Waals surface area contributed by atoms with Crippen molar-refractivity contribution in [2.24, 2.45) is 0 Å². The van der Waals surface area contributed by atoms with Crippen LogP contribution >= 0.6 is 34.2 Å². The molecule has 0 unspecified atom stereocenters. The van der Waals surface area contributed by atoms with Gasteiger partial charge in [0.15, 0.2) is 0 Å². The van der Waals surface area contributed by atoms with Crippen LogP contribution in [0.5, 0.6) is 5.75 Å². The first-order valence-corrected chi connectivity index (χ1v) is 5.45. The zero-order valence-electron chi connectivity index (χ0n) is 7.28. The molecule has 0 atom stereocenters. The molecule has 0 radical (unpaired) electrons. The van der Waals surface area contributed by atoms with Crippen molar-refractivity contribution < 1.29 is 14.9 Å². The van der Waals surface area contributed by atoms with Crippen molar-refractivity contribution in [2.45, 2.75) is 10.2 Å². The molecule has 0 heterocycles. The summed E-state index contributed by atoms with van der Waals surface area (Å²) in [5.41, 5.74) is 0. The monoisotopic (exact) mass is 328 g/mol. The Labute approximate surface area is 101 Å². The van der Waals surface area contributed by atoms with Crippen molar-refractivity contribution in [3.8, 4) is 5.75 Å². The highest BCUT2D eigenvalue weighted by atomic mass is 127. The van der Waals surface area contributed by atoms with Gasteiger partial charge < -0.3 is 14.9 Å². The first-order valence-electron chi connectivity index (χ1n) is 3.99. The molecule has 14 heavy (non-hydrogen) atoms. The Morgan fingerprint density at radius 3 is 2.36 bits per heavy atom. The van der Waals surface area contributed by atoms with E-state index in [9.17, 15) is 0 Å². The zero-order valence-corrected chi connectivity index (χ0v) is 10.2. The smallest absolute Gasteiger partial charge is 0.219 e. The lowest BCUT2D eigenvalue weighted by atomic mass is 10.3. The van der Waals surface area contributed by atoms with Gasteiger partial charge in [-0.2, -0.15) is 0 Å². The summed E-state index contributed by atoms with van der Waals surface area (Å²) >= 11 is 7.22. The fourth-order valence-corrected chi connectivity index (χ4v) is 1.18. The number of aliphatic hydroxyl groups is 2. The van der Waals surface area contributed by atoms with Gasteiger partial charge in [-0.25, -0.2) is 0 Å². The van der Waals surface area contributed by atoms with E-state index in [0.29, 0.717) is 10.8 Å². The molecular formula is C9H10ClIO3. The molecular weight excluding hydrogens is 318 g/mol. The fraction of sp³-hybridized carbons (Fsp3) is 0.333. The van der Waals surface area contributed by atoms with Crippen LogP contribution in [-0.2, 0) is 0 Å². The molecule has 0 aliphatic heterocycles. The molecule has 3 nitrogen and oxygen atoms in total. The second-order valence-corrected chi connectivity index (χ2v) is 4.94. The molecule has 0 saturated carbocycles. The van der Waals surface area contributed by atoms with Crippen molar-refractivity contribution in [1.29, 1.82) is 0 Å². The van der Waals surface area contributed by atoms with Crippen molar-refractivity contribution in [2.75, 3.05) is 6.61 Å². The number of ether oxygens (including phenoxy) is 1. The van der Waals surface area contributed by atoms with E-state index in [-0.39, 0.29) is 13.0 Å². The molecule has 0 aromatic heterocycles. The standard InChI is InChI=1S/C9H10ClIO3/c10-7-1-3-8(4-2-7)14-6-5-9(11,12)13/h1-4,12-13H,5-6H2. The third-order valence-electron chi connectivity index (χ3n) is 1.50. The predicted octanol–water partition coefficient (Wildman–Crippen LogP) is 2.18. The average Bonchev–Trinajstić information content (AvgIpc) is 2.06. The fourth-order valence-electron chi connectivity index (χ4n) is 0.830. The minimum atomic E-state index is -1.70. The lowest BCUT2D eigenvalue weighted by Gasteiger charge is -2.13. The Hall–Kier alpha value is -0.0400. The summed E-state index contributed by atoms with van der Waals surface area (Å²) in [5.74, 6) is 0.662. The van der Waals surface area contributed by atoms with E-state index in [4.69, 9.17) is 26.6 Å². The Balaban J connectivity index is 2.35. The van der Waals surface area contributed by atoms with Crippen molar-refractivity contribution >= 4 is 34.2 Å². The number of halogens is 2. The van der Waals surface area contributed by atoms with E-state index in [1.165, 1.54) is 22.6 Å². The van der Waals surface area contributed by atoms with Crippen molar-refractivity contribution in [3.05, 3.63) is 29.3 Å². The van der Waals surface area contributed by atoms with Crippen LogP contribution in [0.15, 0.2) is 24.3 Å². The van der Waals surface area contributed by atoms with Gasteiger partial charge in [0.2, 0.25) is 3.79 Å². The lowest BCUT2D eigenvalue weighted by Crippen LogP contribution is -2.21. The third-order valence-corrected chi connectivity index (χ3v) is 2.29. The highest BCUT2D eigenvalue weighted by Gasteiger charge is 2.16. The summed E-state index contributed by atoms with van der Waals surface area (Å²) in [4.78, 5) is 0. The third kappa shape index (κ3) is 4.99.